The quantitative estimate of drug-likeness (QED) is 0.282. The van der Waals surface area contributed by atoms with Gasteiger partial charge in [-0.1, -0.05) is 37.6 Å². The second kappa shape index (κ2) is 12.3. The highest BCUT2D eigenvalue weighted by atomic mass is 16.5. The average Bonchev–Trinajstić information content (AvgIpc) is 2.92. The highest BCUT2D eigenvalue weighted by Crippen LogP contribution is 2.49. The van der Waals surface area contributed by atoms with E-state index in [1.165, 1.54) is 0 Å². The number of hydrogen-bond donors (Lipinski definition) is 0. The highest BCUT2D eigenvalue weighted by molar-refractivity contribution is 6.09. The first kappa shape index (κ1) is 27.4. The predicted molar refractivity (Wildman–Crippen MR) is 146 cm³/mol. The van der Waals surface area contributed by atoms with Crippen LogP contribution in [0.2, 0.25) is 0 Å². The Morgan fingerprint density at radius 2 is 1.76 bits per heavy atom. The van der Waals surface area contributed by atoms with E-state index in [0.29, 0.717) is 54.6 Å². The molecule has 202 valence electrons. The number of allylic oxidation sites excluding steroid dienone is 2. The van der Waals surface area contributed by atoms with Crippen molar-refractivity contribution in [3.05, 3.63) is 64.9 Å². The zero-order valence-corrected chi connectivity index (χ0v) is 22.9. The Morgan fingerprint density at radius 3 is 2.47 bits per heavy atom. The van der Waals surface area contributed by atoms with Gasteiger partial charge in [-0.3, -0.25) is 14.6 Å². The van der Waals surface area contributed by atoms with Crippen molar-refractivity contribution in [1.29, 1.82) is 0 Å². The summed E-state index contributed by atoms with van der Waals surface area (Å²) in [5.74, 6) is 0.311. The molecule has 1 aliphatic heterocycles. The molecule has 0 saturated heterocycles. The molecule has 1 heterocycles. The van der Waals surface area contributed by atoms with E-state index in [1.807, 2.05) is 56.3 Å². The second-order valence-corrected chi connectivity index (χ2v) is 9.70. The first-order valence-corrected chi connectivity index (χ1v) is 13.3. The minimum Gasteiger partial charge on any atom is -0.494 e. The van der Waals surface area contributed by atoms with E-state index >= 15 is 0 Å². The van der Waals surface area contributed by atoms with Gasteiger partial charge in [-0.05, 0) is 56.4 Å². The molecule has 0 N–H and O–H groups in total. The number of methoxy groups -OCH3 is 2. The second-order valence-electron chi connectivity index (χ2n) is 9.70. The Bertz CT molecular complexity index is 1250. The molecule has 7 nitrogen and oxygen atoms in total. The summed E-state index contributed by atoms with van der Waals surface area (Å²) in [5.41, 5.74) is 3.78. The standard InChI is InChI=1S/C31H37NO6/c1-6-8-15-38-31(34)28-19(3)32-23-16-21(20-13-14-26(35-4)27(18-20)36-5)17-24(33)30(23)29(28)22-11-9-10-12-25(22)37-7-2/h9-14,18,21,28-29H,6-8,15-17H2,1-5H3/t21-,28?,29-/m1/s1. The summed E-state index contributed by atoms with van der Waals surface area (Å²) in [6, 6.07) is 13.4. The molecule has 4 rings (SSSR count). The Balaban J connectivity index is 1.78. The van der Waals surface area contributed by atoms with Crippen LogP contribution in [0.5, 0.6) is 17.2 Å². The van der Waals surface area contributed by atoms with Crippen LogP contribution in [0.4, 0.5) is 0 Å². The lowest BCUT2D eigenvalue weighted by Crippen LogP contribution is -2.38. The van der Waals surface area contributed by atoms with Gasteiger partial charge in [-0.15, -0.1) is 0 Å². The van der Waals surface area contributed by atoms with Crippen molar-refractivity contribution < 1.29 is 28.5 Å². The molecule has 0 fully saturated rings. The Kier molecular flexibility index (Phi) is 8.87. The van der Waals surface area contributed by atoms with Crippen LogP contribution in [0.25, 0.3) is 0 Å². The van der Waals surface area contributed by atoms with Crippen LogP contribution >= 0.6 is 0 Å². The van der Waals surface area contributed by atoms with Crippen LogP contribution in [0.1, 0.15) is 69.4 Å². The van der Waals surface area contributed by atoms with E-state index < -0.39 is 11.8 Å². The number of unbranched alkanes of at least 4 members (excludes halogenated alkanes) is 1. The minimum absolute atomic E-state index is 0.00931. The maximum atomic E-state index is 13.9. The van der Waals surface area contributed by atoms with E-state index in [9.17, 15) is 9.59 Å². The maximum Gasteiger partial charge on any atom is 0.315 e. The zero-order valence-electron chi connectivity index (χ0n) is 22.9. The summed E-state index contributed by atoms with van der Waals surface area (Å²) in [6.07, 6.45) is 2.61. The number of nitrogens with zero attached hydrogens (tertiary/aromatic N) is 1. The molecule has 0 amide bonds. The van der Waals surface area contributed by atoms with Crippen molar-refractivity contribution in [3.63, 3.8) is 0 Å². The van der Waals surface area contributed by atoms with Gasteiger partial charge < -0.3 is 18.9 Å². The van der Waals surface area contributed by atoms with Gasteiger partial charge in [0, 0.05) is 34.9 Å². The fraction of sp³-hybridized carbons (Fsp3) is 0.452. The van der Waals surface area contributed by atoms with E-state index in [4.69, 9.17) is 23.9 Å². The number of carbonyl (C=O) groups is 2. The zero-order chi connectivity index (χ0) is 27.2. The lowest BCUT2D eigenvalue weighted by atomic mass is 9.69. The van der Waals surface area contributed by atoms with Crippen molar-refractivity contribution in [1.82, 2.24) is 0 Å². The van der Waals surface area contributed by atoms with Crippen molar-refractivity contribution in [2.45, 2.75) is 58.3 Å². The molecule has 0 saturated carbocycles. The first-order valence-electron chi connectivity index (χ1n) is 13.3. The van der Waals surface area contributed by atoms with Crippen LogP contribution in [0.3, 0.4) is 0 Å². The number of aliphatic imine (C=N–C) groups is 1. The molecule has 3 atom stereocenters. The maximum absolute atomic E-state index is 13.9. The normalized spacial score (nSPS) is 20.9. The number of benzene rings is 2. The molecule has 2 aliphatic rings. The molecule has 0 spiro atoms. The molecule has 2 aromatic rings. The van der Waals surface area contributed by atoms with Crippen LogP contribution in [0, 0.1) is 5.92 Å². The third-order valence-corrected chi connectivity index (χ3v) is 7.32. The van der Waals surface area contributed by atoms with Gasteiger partial charge in [0.2, 0.25) is 0 Å². The Morgan fingerprint density at radius 1 is 1.00 bits per heavy atom. The van der Waals surface area contributed by atoms with Gasteiger partial charge in [-0.25, -0.2) is 0 Å². The van der Waals surface area contributed by atoms with E-state index in [-0.39, 0.29) is 17.7 Å². The molecular weight excluding hydrogens is 482 g/mol. The van der Waals surface area contributed by atoms with Crippen molar-refractivity contribution >= 4 is 17.5 Å². The summed E-state index contributed by atoms with van der Waals surface area (Å²) < 4.78 is 22.5. The van der Waals surface area contributed by atoms with Gasteiger partial charge in [0.25, 0.3) is 0 Å². The molecule has 38 heavy (non-hydrogen) atoms. The molecule has 1 unspecified atom stereocenters. The molecule has 0 radical (unpaired) electrons. The number of ketones is 1. The van der Waals surface area contributed by atoms with Gasteiger partial charge in [0.1, 0.15) is 11.7 Å². The summed E-state index contributed by atoms with van der Waals surface area (Å²) in [7, 11) is 3.20. The molecule has 7 heteroatoms. The third-order valence-electron chi connectivity index (χ3n) is 7.32. The summed E-state index contributed by atoms with van der Waals surface area (Å²) in [5, 5.41) is 0. The van der Waals surface area contributed by atoms with E-state index in [2.05, 4.69) is 6.92 Å². The van der Waals surface area contributed by atoms with E-state index in [0.717, 1.165) is 29.7 Å². The minimum atomic E-state index is -0.686. The average molecular weight is 520 g/mol. The van der Waals surface area contributed by atoms with Crippen molar-refractivity contribution in [3.8, 4) is 17.2 Å². The lowest BCUT2D eigenvalue weighted by molar-refractivity contribution is -0.146. The van der Waals surface area contributed by atoms with Gasteiger partial charge in [0.15, 0.2) is 17.3 Å². The van der Waals surface area contributed by atoms with Crippen LogP contribution in [-0.4, -0.2) is 44.9 Å². The Labute approximate surface area is 224 Å². The molecular formula is C31H37NO6. The van der Waals surface area contributed by atoms with Crippen molar-refractivity contribution in [2.75, 3.05) is 27.4 Å². The van der Waals surface area contributed by atoms with Gasteiger partial charge >= 0.3 is 5.97 Å². The SMILES string of the molecule is CCCCOC(=O)C1C(C)=NC2=C(C(=O)C[C@H](c3ccc(OC)c(OC)c3)C2)[C@@H]1c1ccccc1OCC. The van der Waals surface area contributed by atoms with E-state index in [1.54, 1.807) is 14.2 Å². The topological polar surface area (TPSA) is 83.4 Å². The number of esters is 1. The number of carbonyl (C=O) groups excluding carboxylic acids is 2. The highest BCUT2D eigenvalue weighted by Gasteiger charge is 2.45. The summed E-state index contributed by atoms with van der Waals surface area (Å²) in [6.45, 7) is 6.65. The number of rotatable bonds is 10. The van der Waals surface area contributed by atoms with Crippen LogP contribution < -0.4 is 14.2 Å². The van der Waals surface area contributed by atoms with Gasteiger partial charge in [0.05, 0.1) is 27.4 Å². The predicted octanol–water partition coefficient (Wildman–Crippen LogP) is 6.02. The van der Waals surface area contributed by atoms with Crippen molar-refractivity contribution in [2.24, 2.45) is 10.9 Å². The molecule has 1 aliphatic carbocycles. The number of para-hydroxylation sites is 1. The smallest absolute Gasteiger partial charge is 0.315 e. The fourth-order valence-electron chi connectivity index (χ4n) is 5.47. The third kappa shape index (κ3) is 5.47. The Hall–Kier alpha value is -3.61. The largest absolute Gasteiger partial charge is 0.494 e. The number of Topliss-reactive ketones (excluding diaryl/α,β-unsaturated/α-hetero) is 1. The molecule has 0 aromatic heterocycles. The fourth-order valence-corrected chi connectivity index (χ4v) is 5.47. The number of ether oxygens (including phenoxy) is 4. The molecule has 2 aromatic carbocycles. The number of hydrogen-bond acceptors (Lipinski definition) is 7. The summed E-state index contributed by atoms with van der Waals surface area (Å²) in [4.78, 5) is 32.2. The lowest BCUT2D eigenvalue weighted by Gasteiger charge is -2.37. The van der Waals surface area contributed by atoms with Crippen LogP contribution in [0.15, 0.2) is 58.7 Å². The summed E-state index contributed by atoms with van der Waals surface area (Å²) >= 11 is 0. The molecule has 0 bridgehead atoms. The monoisotopic (exact) mass is 519 g/mol. The van der Waals surface area contributed by atoms with Crippen LogP contribution in [-0.2, 0) is 14.3 Å². The first-order chi connectivity index (χ1) is 18.4. The van der Waals surface area contributed by atoms with Gasteiger partial charge in [-0.2, -0.15) is 0 Å².